The van der Waals surface area contributed by atoms with Crippen LogP contribution in [0, 0.1) is 0 Å². The zero-order valence-corrected chi connectivity index (χ0v) is 14.9. The first-order chi connectivity index (χ1) is 12.2. The summed E-state index contributed by atoms with van der Waals surface area (Å²) in [5, 5.41) is 0. The van der Waals surface area contributed by atoms with Gasteiger partial charge >= 0.3 is 6.18 Å². The van der Waals surface area contributed by atoms with Gasteiger partial charge in [-0.1, -0.05) is 48.5 Å². The molecule has 0 aliphatic heterocycles. The Morgan fingerprint density at radius 2 is 1.58 bits per heavy atom. The van der Waals surface area contributed by atoms with Crippen LogP contribution in [0.2, 0.25) is 0 Å². The minimum absolute atomic E-state index is 0.0987. The fourth-order valence-corrected chi connectivity index (χ4v) is 4.11. The smallest absolute Gasteiger partial charge is 0.329 e. The first-order valence-electron chi connectivity index (χ1n) is 8.10. The molecular formula is C18H21F3N2O2S. The first kappa shape index (κ1) is 20.4. The molecule has 8 heteroatoms. The molecule has 0 saturated heterocycles. The minimum atomic E-state index is -4.51. The Morgan fingerprint density at radius 1 is 0.923 bits per heavy atom. The van der Waals surface area contributed by atoms with Crippen molar-refractivity contribution in [3.8, 4) is 0 Å². The molecule has 0 amide bonds. The number of alkyl halides is 3. The second-order valence-electron chi connectivity index (χ2n) is 5.88. The van der Waals surface area contributed by atoms with Crippen LogP contribution in [0.15, 0.2) is 54.6 Å². The van der Waals surface area contributed by atoms with Crippen molar-refractivity contribution in [2.45, 2.75) is 18.3 Å². The molecule has 0 aromatic heterocycles. The van der Waals surface area contributed by atoms with E-state index in [2.05, 4.69) is 0 Å². The van der Waals surface area contributed by atoms with Gasteiger partial charge < -0.3 is 5.73 Å². The molecule has 2 N–H and O–H groups in total. The van der Waals surface area contributed by atoms with Gasteiger partial charge in [-0.15, -0.1) is 0 Å². The van der Waals surface area contributed by atoms with Gasteiger partial charge in [0.05, 0.1) is 11.3 Å². The molecule has 0 radical (unpaired) electrons. The number of nitrogens with zero attached hydrogens (tertiary/aromatic N) is 1. The second kappa shape index (κ2) is 8.66. The summed E-state index contributed by atoms with van der Waals surface area (Å²) in [6.45, 7) is 0.479. The molecule has 2 aromatic carbocycles. The normalized spacial score (nSPS) is 12.5. The number of halogens is 3. The van der Waals surface area contributed by atoms with E-state index < -0.39 is 27.5 Å². The number of rotatable bonds is 8. The number of sulfonamides is 1. The lowest BCUT2D eigenvalue weighted by atomic mass is 10.1. The van der Waals surface area contributed by atoms with E-state index in [0.717, 1.165) is 17.7 Å². The number of nitrogens with two attached hydrogens (primary N) is 1. The highest BCUT2D eigenvalue weighted by molar-refractivity contribution is 7.88. The standard InChI is InChI=1S/C18H21F3N2O2S/c19-18(20,21)17-8-4-7-16(13-17)14-26(24,25)23(12-10-22)11-9-15-5-2-1-3-6-15/h1-8,13H,9-12,14,22H2. The summed E-state index contributed by atoms with van der Waals surface area (Å²) in [7, 11) is -3.78. The van der Waals surface area contributed by atoms with Gasteiger partial charge in [-0.2, -0.15) is 13.2 Å². The lowest BCUT2D eigenvalue weighted by molar-refractivity contribution is -0.137. The van der Waals surface area contributed by atoms with Crippen LogP contribution in [-0.4, -0.2) is 32.4 Å². The van der Waals surface area contributed by atoms with Crippen LogP contribution in [0.25, 0.3) is 0 Å². The molecule has 4 nitrogen and oxygen atoms in total. The van der Waals surface area contributed by atoms with Crippen LogP contribution >= 0.6 is 0 Å². The van der Waals surface area contributed by atoms with Crippen molar-refractivity contribution in [1.29, 1.82) is 0 Å². The summed E-state index contributed by atoms with van der Waals surface area (Å²) in [5.74, 6) is -0.494. The van der Waals surface area contributed by atoms with Gasteiger partial charge in [-0.25, -0.2) is 12.7 Å². The van der Waals surface area contributed by atoms with Crippen LogP contribution in [-0.2, 0) is 28.4 Å². The zero-order chi connectivity index (χ0) is 19.2. The molecule has 142 valence electrons. The number of hydrogen-bond donors (Lipinski definition) is 1. The number of hydrogen-bond acceptors (Lipinski definition) is 3. The third-order valence-corrected chi connectivity index (χ3v) is 5.72. The molecule has 26 heavy (non-hydrogen) atoms. The molecule has 2 rings (SSSR count). The highest BCUT2D eigenvalue weighted by Gasteiger charge is 2.31. The van der Waals surface area contributed by atoms with Crippen molar-refractivity contribution in [3.63, 3.8) is 0 Å². The third kappa shape index (κ3) is 5.82. The SMILES string of the molecule is NCCN(CCc1ccccc1)S(=O)(=O)Cc1cccc(C(F)(F)F)c1. The predicted octanol–water partition coefficient (Wildman–Crippen LogP) is 3.04. The minimum Gasteiger partial charge on any atom is -0.329 e. The number of benzene rings is 2. The van der Waals surface area contributed by atoms with Gasteiger partial charge in [-0.05, 0) is 23.6 Å². The summed E-state index contributed by atoms with van der Waals surface area (Å²) in [4.78, 5) is 0. The van der Waals surface area contributed by atoms with Crippen LogP contribution in [0.1, 0.15) is 16.7 Å². The molecule has 0 saturated carbocycles. The molecule has 0 aliphatic rings. The molecule has 2 aromatic rings. The zero-order valence-electron chi connectivity index (χ0n) is 14.1. The maximum Gasteiger partial charge on any atom is 0.416 e. The summed E-state index contributed by atoms with van der Waals surface area (Å²) >= 11 is 0. The van der Waals surface area contributed by atoms with Crippen molar-refractivity contribution >= 4 is 10.0 Å². The Kier molecular flexibility index (Phi) is 6.80. The lowest BCUT2D eigenvalue weighted by Crippen LogP contribution is -2.37. The van der Waals surface area contributed by atoms with E-state index in [1.165, 1.54) is 16.4 Å². The average molecular weight is 386 g/mol. The van der Waals surface area contributed by atoms with Gasteiger partial charge in [0.2, 0.25) is 10.0 Å². The van der Waals surface area contributed by atoms with E-state index in [0.29, 0.717) is 6.42 Å². The summed E-state index contributed by atoms with van der Waals surface area (Å²) < 4.78 is 65.0. The fraction of sp³-hybridized carbons (Fsp3) is 0.333. The van der Waals surface area contributed by atoms with Crippen molar-refractivity contribution < 1.29 is 21.6 Å². The lowest BCUT2D eigenvalue weighted by Gasteiger charge is -2.22. The van der Waals surface area contributed by atoms with Crippen LogP contribution in [0.4, 0.5) is 13.2 Å². The predicted molar refractivity (Wildman–Crippen MR) is 94.8 cm³/mol. The Balaban J connectivity index is 2.14. The van der Waals surface area contributed by atoms with Crippen molar-refractivity contribution in [3.05, 3.63) is 71.3 Å². The van der Waals surface area contributed by atoms with Gasteiger partial charge in [-0.3, -0.25) is 0 Å². The topological polar surface area (TPSA) is 63.4 Å². The van der Waals surface area contributed by atoms with Gasteiger partial charge in [0, 0.05) is 19.6 Å². The van der Waals surface area contributed by atoms with E-state index >= 15 is 0 Å². The van der Waals surface area contributed by atoms with Crippen LogP contribution < -0.4 is 5.73 Å². The largest absolute Gasteiger partial charge is 0.416 e. The third-order valence-electron chi connectivity index (χ3n) is 3.87. The molecule has 0 aliphatic carbocycles. The van der Waals surface area contributed by atoms with Crippen molar-refractivity contribution in [1.82, 2.24) is 4.31 Å². The van der Waals surface area contributed by atoms with E-state index in [1.54, 1.807) is 0 Å². The van der Waals surface area contributed by atoms with Gasteiger partial charge in [0.25, 0.3) is 0 Å². The van der Waals surface area contributed by atoms with E-state index in [4.69, 9.17) is 5.73 Å². The van der Waals surface area contributed by atoms with Gasteiger partial charge in [0.15, 0.2) is 0 Å². The molecule has 0 unspecified atom stereocenters. The Bertz CT molecular complexity index is 809. The first-order valence-corrected chi connectivity index (χ1v) is 9.71. The van der Waals surface area contributed by atoms with E-state index in [-0.39, 0.29) is 25.2 Å². The van der Waals surface area contributed by atoms with E-state index in [9.17, 15) is 21.6 Å². The van der Waals surface area contributed by atoms with Crippen LogP contribution in [0.3, 0.4) is 0 Å². The van der Waals surface area contributed by atoms with Gasteiger partial charge in [0.1, 0.15) is 0 Å². The summed E-state index contributed by atoms with van der Waals surface area (Å²) in [5.41, 5.74) is 5.73. The second-order valence-corrected chi connectivity index (χ2v) is 7.85. The Morgan fingerprint density at radius 3 is 2.19 bits per heavy atom. The average Bonchev–Trinajstić information content (AvgIpc) is 2.58. The molecule has 0 fully saturated rings. The van der Waals surface area contributed by atoms with E-state index in [1.807, 2.05) is 30.3 Å². The summed E-state index contributed by atoms with van der Waals surface area (Å²) in [6, 6.07) is 13.7. The Labute approximate surface area is 151 Å². The summed E-state index contributed by atoms with van der Waals surface area (Å²) in [6.07, 6.45) is -4.01. The monoisotopic (exact) mass is 386 g/mol. The maximum absolute atomic E-state index is 12.8. The molecular weight excluding hydrogens is 365 g/mol. The molecule has 0 heterocycles. The highest BCUT2D eigenvalue weighted by Crippen LogP contribution is 2.30. The quantitative estimate of drug-likeness (QED) is 0.759. The molecule has 0 atom stereocenters. The molecule has 0 spiro atoms. The van der Waals surface area contributed by atoms with Crippen LogP contribution in [0.5, 0.6) is 0 Å². The fourth-order valence-electron chi connectivity index (χ4n) is 2.57. The van der Waals surface area contributed by atoms with Crippen molar-refractivity contribution in [2.24, 2.45) is 5.73 Å². The molecule has 0 bridgehead atoms. The Hall–Kier alpha value is -1.90. The maximum atomic E-state index is 12.8. The highest BCUT2D eigenvalue weighted by atomic mass is 32.2. The van der Waals surface area contributed by atoms with Crippen molar-refractivity contribution in [2.75, 3.05) is 19.6 Å².